The van der Waals surface area contributed by atoms with Gasteiger partial charge in [-0.1, -0.05) is 81.4 Å². The third-order valence-electron chi connectivity index (χ3n) is 6.18. The molecule has 0 bridgehead atoms. The van der Waals surface area contributed by atoms with Gasteiger partial charge < -0.3 is 5.32 Å². The molecule has 9 nitrogen and oxygen atoms in total. The van der Waals surface area contributed by atoms with E-state index in [0.29, 0.717) is 11.1 Å². The maximum Gasteiger partial charge on any atom is 0.238 e. The monoisotopic (exact) mass is 525 g/mol. The molecule has 1 aliphatic heterocycles. The minimum Gasteiger partial charge on any atom is -0.346 e. The van der Waals surface area contributed by atoms with Crippen LogP contribution in [0.25, 0.3) is 6.08 Å². The van der Waals surface area contributed by atoms with E-state index in [1.165, 1.54) is 13.0 Å². The average Bonchev–Trinajstić information content (AvgIpc) is 3.12. The van der Waals surface area contributed by atoms with Crippen molar-refractivity contribution in [1.82, 2.24) is 15.4 Å². The van der Waals surface area contributed by atoms with Gasteiger partial charge in [-0.3, -0.25) is 24.5 Å². The van der Waals surface area contributed by atoms with E-state index in [1.54, 1.807) is 68.4 Å². The van der Waals surface area contributed by atoms with Crippen LogP contribution in [0.1, 0.15) is 44.4 Å². The van der Waals surface area contributed by atoms with Gasteiger partial charge in [-0.2, -0.15) is 0 Å². The number of hydrogen-bond donors (Lipinski definition) is 3. The van der Waals surface area contributed by atoms with Gasteiger partial charge in [-0.25, -0.2) is 13.1 Å². The van der Waals surface area contributed by atoms with Crippen molar-refractivity contribution in [3.8, 4) is 0 Å². The van der Waals surface area contributed by atoms with Crippen molar-refractivity contribution >= 4 is 39.6 Å². The summed E-state index contributed by atoms with van der Waals surface area (Å²) in [4.78, 5) is 50.2. The van der Waals surface area contributed by atoms with Crippen LogP contribution in [0.5, 0.6) is 0 Å². The highest BCUT2D eigenvalue weighted by atomic mass is 32.2. The zero-order valence-corrected chi connectivity index (χ0v) is 21.7. The first-order valence-corrected chi connectivity index (χ1v) is 13.5. The molecule has 0 aromatic heterocycles. The first-order chi connectivity index (χ1) is 17.5. The molecule has 3 N–H and O–H groups in total. The van der Waals surface area contributed by atoms with Crippen LogP contribution in [0.2, 0.25) is 0 Å². The van der Waals surface area contributed by atoms with Crippen LogP contribution >= 0.6 is 0 Å². The molecule has 0 spiro atoms. The lowest BCUT2D eigenvalue weighted by Gasteiger charge is -2.25. The molecule has 1 unspecified atom stereocenters. The number of nitrogens with one attached hydrogen (secondary N) is 3. The zero-order chi connectivity index (χ0) is 27.2. The molecule has 37 heavy (non-hydrogen) atoms. The molecule has 2 aromatic rings. The van der Waals surface area contributed by atoms with Crippen LogP contribution in [-0.2, 0) is 29.2 Å². The van der Waals surface area contributed by atoms with Crippen LogP contribution in [0.15, 0.2) is 66.1 Å². The zero-order valence-electron chi connectivity index (χ0n) is 20.9. The third kappa shape index (κ3) is 7.43. The van der Waals surface area contributed by atoms with Crippen molar-refractivity contribution in [3.63, 3.8) is 0 Å². The van der Waals surface area contributed by atoms with E-state index in [1.807, 2.05) is 6.07 Å². The first-order valence-electron chi connectivity index (χ1n) is 12.0. The van der Waals surface area contributed by atoms with E-state index in [-0.39, 0.29) is 12.3 Å². The Morgan fingerprint density at radius 3 is 2.11 bits per heavy atom. The maximum atomic E-state index is 13.1. The molecule has 1 heterocycles. The van der Waals surface area contributed by atoms with Crippen LogP contribution in [0, 0.1) is 17.8 Å². The van der Waals surface area contributed by atoms with E-state index in [2.05, 4.69) is 15.4 Å². The summed E-state index contributed by atoms with van der Waals surface area (Å²) in [5.41, 5.74) is 1.26. The molecule has 2 aromatic carbocycles. The maximum absolute atomic E-state index is 13.1. The van der Waals surface area contributed by atoms with Crippen molar-refractivity contribution in [1.29, 1.82) is 0 Å². The van der Waals surface area contributed by atoms with E-state index in [0.717, 1.165) is 5.41 Å². The smallest absolute Gasteiger partial charge is 0.238 e. The second-order valence-corrected chi connectivity index (χ2v) is 11.0. The summed E-state index contributed by atoms with van der Waals surface area (Å²) in [5.74, 6) is -4.73. The van der Waals surface area contributed by atoms with Crippen LogP contribution < -0.4 is 15.4 Å². The van der Waals surface area contributed by atoms with Gasteiger partial charge >= 0.3 is 0 Å². The molecule has 0 saturated carbocycles. The van der Waals surface area contributed by atoms with Crippen LogP contribution in [0.3, 0.4) is 0 Å². The van der Waals surface area contributed by atoms with Crippen molar-refractivity contribution in [2.45, 2.75) is 39.3 Å². The molecule has 196 valence electrons. The van der Waals surface area contributed by atoms with Gasteiger partial charge in [0.1, 0.15) is 5.92 Å². The Balaban J connectivity index is 1.77. The summed E-state index contributed by atoms with van der Waals surface area (Å²) in [6, 6.07) is 15.6. The van der Waals surface area contributed by atoms with Gasteiger partial charge in [-0.15, -0.1) is 0 Å². The average molecular weight is 526 g/mol. The summed E-state index contributed by atoms with van der Waals surface area (Å²) in [7, 11) is -3.94. The second kappa shape index (κ2) is 12.1. The highest BCUT2D eigenvalue weighted by Crippen LogP contribution is 2.24. The lowest BCUT2D eigenvalue weighted by molar-refractivity contribution is -0.137. The van der Waals surface area contributed by atoms with Gasteiger partial charge in [0.05, 0.1) is 18.0 Å². The summed E-state index contributed by atoms with van der Waals surface area (Å²) in [6.07, 6.45) is 1.16. The molecule has 10 heteroatoms. The number of amides is 3. The fourth-order valence-electron chi connectivity index (χ4n) is 4.13. The Kier molecular flexibility index (Phi) is 9.12. The van der Waals surface area contributed by atoms with Gasteiger partial charge in [0.2, 0.25) is 27.7 Å². The summed E-state index contributed by atoms with van der Waals surface area (Å²) >= 11 is 0. The Bertz CT molecular complexity index is 1280. The number of carbonyl (C=O) groups excluding carboxylic acids is 4. The number of benzene rings is 2. The number of sulfonamides is 1. The summed E-state index contributed by atoms with van der Waals surface area (Å²) in [5, 5.41) is 5.85. The minimum absolute atomic E-state index is 0.287. The number of imide groups is 1. The summed E-state index contributed by atoms with van der Waals surface area (Å²) in [6.45, 7) is 4.92. The third-order valence-corrected chi connectivity index (χ3v) is 7.28. The van der Waals surface area contributed by atoms with Crippen molar-refractivity contribution in [2.75, 3.05) is 0 Å². The molecule has 3 amide bonds. The highest BCUT2D eigenvalue weighted by molar-refractivity contribution is 7.92. The first kappa shape index (κ1) is 27.9. The van der Waals surface area contributed by atoms with Gasteiger partial charge in [0.25, 0.3) is 0 Å². The Morgan fingerprint density at radius 1 is 0.973 bits per heavy atom. The number of ketones is 1. The van der Waals surface area contributed by atoms with Gasteiger partial charge in [-0.05, 0) is 23.1 Å². The molecule has 1 saturated heterocycles. The predicted molar refractivity (Wildman–Crippen MR) is 139 cm³/mol. The van der Waals surface area contributed by atoms with E-state index >= 15 is 0 Å². The number of hydrogen-bond acceptors (Lipinski definition) is 6. The Hall–Kier alpha value is -3.63. The molecule has 1 fully saturated rings. The van der Waals surface area contributed by atoms with E-state index in [4.69, 9.17) is 0 Å². The van der Waals surface area contributed by atoms with E-state index < -0.39 is 57.4 Å². The van der Waals surface area contributed by atoms with Crippen molar-refractivity contribution in [2.24, 2.45) is 17.8 Å². The fourth-order valence-corrected chi connectivity index (χ4v) is 5.16. The Labute approximate surface area is 216 Å². The SMILES string of the molecule is CC1C(=O)NC(=O)[C@H]1C(=O)[C@@H](NC(=O)C[C@H](NS(=O)(=O)/C=C/c1ccccc1)c1ccccc1)C(C)C. The van der Waals surface area contributed by atoms with Crippen LogP contribution in [-0.4, -0.2) is 38.0 Å². The molecular formula is C27H31N3O6S. The summed E-state index contributed by atoms with van der Waals surface area (Å²) < 4.78 is 28.2. The van der Waals surface area contributed by atoms with Crippen molar-refractivity contribution < 1.29 is 27.6 Å². The van der Waals surface area contributed by atoms with E-state index in [9.17, 15) is 27.6 Å². The number of rotatable bonds is 11. The lowest BCUT2D eigenvalue weighted by Crippen LogP contribution is -2.49. The molecule has 4 atom stereocenters. The predicted octanol–water partition coefficient (Wildman–Crippen LogP) is 2.33. The van der Waals surface area contributed by atoms with Crippen molar-refractivity contribution in [3.05, 3.63) is 77.2 Å². The number of carbonyl (C=O) groups is 4. The normalized spacial score (nSPS) is 19.6. The largest absolute Gasteiger partial charge is 0.346 e. The molecule has 0 aliphatic carbocycles. The topological polar surface area (TPSA) is 139 Å². The molecule has 0 radical (unpaired) electrons. The molecule has 3 rings (SSSR count). The van der Waals surface area contributed by atoms with Gasteiger partial charge in [0, 0.05) is 11.8 Å². The standard InChI is InChI=1S/C27H31N3O6S/c1-17(2)24(25(32)23-18(3)26(33)29-27(23)34)28-22(31)16-21(20-12-8-5-9-13-20)30-37(35,36)15-14-19-10-6-4-7-11-19/h4-15,17-18,21,23-24,30H,16H2,1-3H3,(H,28,31)(H,29,33,34)/b15-14+/t18?,21-,23+,24-/m0/s1. The number of Topliss-reactive ketones (excluding diaryl/α,β-unsaturated/α-hetero) is 1. The molecular weight excluding hydrogens is 494 g/mol. The quantitative estimate of drug-likeness (QED) is 0.304. The molecule has 1 aliphatic rings. The minimum atomic E-state index is -3.94. The Morgan fingerprint density at radius 2 is 1.57 bits per heavy atom. The van der Waals surface area contributed by atoms with Crippen LogP contribution in [0.4, 0.5) is 0 Å². The van der Waals surface area contributed by atoms with Gasteiger partial charge in [0.15, 0.2) is 5.78 Å². The lowest BCUT2D eigenvalue weighted by atomic mass is 9.85. The highest BCUT2D eigenvalue weighted by Gasteiger charge is 2.46. The fraction of sp³-hybridized carbons (Fsp3) is 0.333. The second-order valence-electron chi connectivity index (χ2n) is 9.36.